The molecule has 1 aromatic carbocycles. The molecule has 0 spiro atoms. The Morgan fingerprint density at radius 2 is 2.12 bits per heavy atom. The first-order valence-electron chi connectivity index (χ1n) is 5.10. The zero-order valence-corrected chi connectivity index (χ0v) is 9.51. The molecule has 0 aliphatic rings. The number of aliphatic carboxylic acids is 1. The van der Waals surface area contributed by atoms with E-state index in [2.05, 4.69) is 0 Å². The fourth-order valence-electron chi connectivity index (χ4n) is 1.29. The van der Waals surface area contributed by atoms with Crippen molar-refractivity contribution >= 4 is 12.3 Å². The third kappa shape index (κ3) is 3.27. The predicted molar refractivity (Wildman–Crippen MR) is 58.7 cm³/mol. The highest BCUT2D eigenvalue weighted by Crippen LogP contribution is 2.21. The van der Waals surface area contributed by atoms with Gasteiger partial charge in [0.15, 0.2) is 17.7 Å². The Morgan fingerprint density at radius 1 is 1.47 bits per heavy atom. The van der Waals surface area contributed by atoms with E-state index in [4.69, 9.17) is 9.84 Å². The number of carbonyl (C=O) groups excluding carboxylic acids is 1. The number of rotatable bonds is 5. The van der Waals surface area contributed by atoms with Crippen LogP contribution in [0.15, 0.2) is 18.2 Å². The van der Waals surface area contributed by atoms with Gasteiger partial charge in [-0.2, -0.15) is 0 Å². The van der Waals surface area contributed by atoms with Crippen LogP contribution < -0.4 is 4.74 Å². The highest BCUT2D eigenvalue weighted by Gasteiger charge is 2.24. The highest BCUT2D eigenvalue weighted by atomic mass is 19.1. The van der Waals surface area contributed by atoms with Gasteiger partial charge in [0.25, 0.3) is 0 Å². The van der Waals surface area contributed by atoms with E-state index < -0.39 is 17.9 Å². The lowest BCUT2D eigenvalue weighted by molar-refractivity contribution is -0.147. The first-order valence-corrected chi connectivity index (χ1v) is 5.10. The Morgan fingerprint density at radius 3 is 2.53 bits per heavy atom. The molecule has 92 valence electrons. The van der Waals surface area contributed by atoms with E-state index in [0.717, 1.165) is 6.07 Å². The fourth-order valence-corrected chi connectivity index (χ4v) is 1.29. The van der Waals surface area contributed by atoms with Crippen molar-refractivity contribution in [1.82, 2.24) is 0 Å². The van der Waals surface area contributed by atoms with Gasteiger partial charge in [-0.15, -0.1) is 0 Å². The number of carboxylic acid groups (broad SMARTS) is 1. The van der Waals surface area contributed by atoms with Gasteiger partial charge in [0, 0.05) is 11.5 Å². The summed E-state index contributed by atoms with van der Waals surface area (Å²) in [4.78, 5) is 21.3. The number of benzene rings is 1. The van der Waals surface area contributed by atoms with Gasteiger partial charge in [-0.3, -0.25) is 4.79 Å². The molecular formula is C12H13FO4. The van der Waals surface area contributed by atoms with Crippen molar-refractivity contribution in [2.75, 3.05) is 0 Å². The van der Waals surface area contributed by atoms with Gasteiger partial charge in [0.2, 0.25) is 0 Å². The summed E-state index contributed by atoms with van der Waals surface area (Å²) in [5.74, 6) is -2.37. The molecule has 0 aliphatic heterocycles. The fraction of sp³-hybridized carbons (Fsp3) is 0.333. The van der Waals surface area contributed by atoms with Crippen LogP contribution in [0, 0.1) is 11.7 Å². The van der Waals surface area contributed by atoms with Gasteiger partial charge in [0.1, 0.15) is 6.29 Å². The van der Waals surface area contributed by atoms with Crippen LogP contribution in [0.4, 0.5) is 4.39 Å². The van der Waals surface area contributed by atoms with Crippen molar-refractivity contribution in [3.05, 3.63) is 29.6 Å². The van der Waals surface area contributed by atoms with Crippen LogP contribution in [-0.2, 0) is 4.79 Å². The van der Waals surface area contributed by atoms with Crippen LogP contribution in [0.5, 0.6) is 5.75 Å². The summed E-state index contributed by atoms with van der Waals surface area (Å²) in [6.07, 6.45) is -0.615. The summed E-state index contributed by atoms with van der Waals surface area (Å²) in [5, 5.41) is 8.89. The van der Waals surface area contributed by atoms with Crippen LogP contribution in [-0.4, -0.2) is 23.5 Å². The summed E-state index contributed by atoms with van der Waals surface area (Å²) in [7, 11) is 0. The van der Waals surface area contributed by atoms with E-state index >= 15 is 0 Å². The lowest BCUT2D eigenvalue weighted by atomic mass is 10.1. The molecular weight excluding hydrogens is 227 g/mol. The van der Waals surface area contributed by atoms with Crippen molar-refractivity contribution in [3.8, 4) is 5.75 Å². The average molecular weight is 240 g/mol. The molecule has 1 N–H and O–H groups in total. The maximum Gasteiger partial charge on any atom is 0.345 e. The number of hydrogen-bond acceptors (Lipinski definition) is 3. The van der Waals surface area contributed by atoms with E-state index in [1.165, 1.54) is 12.1 Å². The number of hydrogen-bond donors (Lipinski definition) is 1. The quantitative estimate of drug-likeness (QED) is 0.801. The molecule has 0 radical (unpaired) electrons. The Labute approximate surface area is 98.0 Å². The SMILES string of the molecule is CC(C)C(Oc1ccc(C=O)cc1F)C(=O)O. The van der Waals surface area contributed by atoms with Crippen molar-refractivity contribution in [3.63, 3.8) is 0 Å². The minimum atomic E-state index is -1.15. The third-order valence-corrected chi connectivity index (χ3v) is 2.19. The molecule has 17 heavy (non-hydrogen) atoms. The predicted octanol–water partition coefficient (Wildman–Crippen LogP) is 2.13. The van der Waals surface area contributed by atoms with E-state index in [1.54, 1.807) is 13.8 Å². The average Bonchev–Trinajstić information content (AvgIpc) is 2.26. The molecule has 1 rings (SSSR count). The van der Waals surface area contributed by atoms with Crippen molar-refractivity contribution < 1.29 is 23.8 Å². The van der Waals surface area contributed by atoms with Gasteiger partial charge in [-0.25, -0.2) is 9.18 Å². The number of ether oxygens (including phenoxy) is 1. The first kappa shape index (κ1) is 13.2. The molecule has 0 aliphatic carbocycles. The number of carbonyl (C=O) groups is 2. The van der Waals surface area contributed by atoms with Gasteiger partial charge >= 0.3 is 5.97 Å². The van der Waals surface area contributed by atoms with Crippen LogP contribution in [0.25, 0.3) is 0 Å². The molecule has 0 fully saturated rings. The van der Waals surface area contributed by atoms with Gasteiger partial charge in [-0.05, 0) is 18.2 Å². The maximum atomic E-state index is 13.4. The summed E-state index contributed by atoms with van der Waals surface area (Å²) in [6.45, 7) is 3.33. The molecule has 0 saturated carbocycles. The summed E-state index contributed by atoms with van der Waals surface area (Å²) >= 11 is 0. The molecule has 0 saturated heterocycles. The molecule has 1 atom stereocenters. The summed E-state index contributed by atoms with van der Waals surface area (Å²) in [6, 6.07) is 3.61. The molecule has 1 aromatic rings. The number of aldehydes is 1. The van der Waals surface area contributed by atoms with Crippen molar-refractivity contribution in [2.24, 2.45) is 5.92 Å². The van der Waals surface area contributed by atoms with E-state index in [-0.39, 0.29) is 17.2 Å². The van der Waals surface area contributed by atoms with E-state index in [1.807, 2.05) is 0 Å². The Bertz CT molecular complexity index is 429. The summed E-state index contributed by atoms with van der Waals surface area (Å²) < 4.78 is 18.5. The van der Waals surface area contributed by atoms with Gasteiger partial charge in [0.05, 0.1) is 0 Å². The standard InChI is InChI=1S/C12H13FO4/c1-7(2)11(12(15)16)17-10-4-3-8(6-14)5-9(10)13/h3-7,11H,1-2H3,(H,15,16). The van der Waals surface area contributed by atoms with Crippen LogP contribution in [0.1, 0.15) is 24.2 Å². The smallest absolute Gasteiger partial charge is 0.345 e. The highest BCUT2D eigenvalue weighted by molar-refractivity contribution is 5.75. The Hall–Kier alpha value is -1.91. The molecule has 5 heteroatoms. The van der Waals surface area contributed by atoms with Gasteiger partial charge < -0.3 is 9.84 Å². The molecule has 0 aromatic heterocycles. The molecule has 0 heterocycles. The third-order valence-electron chi connectivity index (χ3n) is 2.19. The zero-order chi connectivity index (χ0) is 13.0. The largest absolute Gasteiger partial charge is 0.478 e. The minimum absolute atomic E-state index is 0.170. The van der Waals surface area contributed by atoms with Gasteiger partial charge in [-0.1, -0.05) is 13.8 Å². The molecule has 1 unspecified atom stereocenters. The van der Waals surface area contributed by atoms with E-state index in [0.29, 0.717) is 6.29 Å². The summed E-state index contributed by atoms with van der Waals surface area (Å²) in [5.41, 5.74) is 0.172. The van der Waals surface area contributed by atoms with Crippen LogP contribution in [0.3, 0.4) is 0 Å². The lowest BCUT2D eigenvalue weighted by Crippen LogP contribution is -2.32. The normalized spacial score (nSPS) is 12.2. The molecule has 0 amide bonds. The monoisotopic (exact) mass is 240 g/mol. The van der Waals surface area contributed by atoms with Crippen LogP contribution >= 0.6 is 0 Å². The maximum absolute atomic E-state index is 13.4. The van der Waals surface area contributed by atoms with Crippen molar-refractivity contribution in [1.29, 1.82) is 0 Å². The Balaban J connectivity index is 2.94. The second-order valence-electron chi connectivity index (χ2n) is 3.93. The van der Waals surface area contributed by atoms with Crippen molar-refractivity contribution in [2.45, 2.75) is 20.0 Å². The topological polar surface area (TPSA) is 63.6 Å². The lowest BCUT2D eigenvalue weighted by Gasteiger charge is -2.18. The number of carboxylic acids is 1. The Kier molecular flexibility index (Phi) is 4.20. The second-order valence-corrected chi connectivity index (χ2v) is 3.93. The first-order chi connectivity index (χ1) is 7.95. The molecule has 0 bridgehead atoms. The molecule has 4 nitrogen and oxygen atoms in total. The second kappa shape index (κ2) is 5.43. The zero-order valence-electron chi connectivity index (χ0n) is 9.51. The number of halogens is 1. The van der Waals surface area contributed by atoms with E-state index in [9.17, 15) is 14.0 Å². The minimum Gasteiger partial charge on any atom is -0.478 e. The van der Waals surface area contributed by atoms with Crippen LogP contribution in [0.2, 0.25) is 0 Å².